The second-order valence-corrected chi connectivity index (χ2v) is 5.75. The predicted octanol–water partition coefficient (Wildman–Crippen LogP) is 2.02. The first-order chi connectivity index (χ1) is 9.03. The van der Waals surface area contributed by atoms with Crippen molar-refractivity contribution in [3.63, 3.8) is 0 Å². The van der Waals surface area contributed by atoms with E-state index in [4.69, 9.17) is 4.74 Å². The molecular weight excluding hydrogens is 243 g/mol. The maximum Gasteiger partial charge on any atom is 0.123 e. The molecule has 1 N–H and O–H groups in total. The lowest BCUT2D eigenvalue weighted by molar-refractivity contribution is 0.197. The van der Waals surface area contributed by atoms with Crippen LogP contribution in [0.3, 0.4) is 0 Å². The lowest BCUT2D eigenvalue weighted by Gasteiger charge is -2.36. The van der Waals surface area contributed by atoms with E-state index in [0.29, 0.717) is 0 Å². The van der Waals surface area contributed by atoms with Gasteiger partial charge in [0, 0.05) is 43.7 Å². The molecular formula is C15H23FN2O. The van der Waals surface area contributed by atoms with E-state index in [-0.39, 0.29) is 11.2 Å². The molecule has 106 valence electrons. The van der Waals surface area contributed by atoms with Crippen molar-refractivity contribution in [2.45, 2.75) is 19.3 Å². The van der Waals surface area contributed by atoms with E-state index in [1.807, 2.05) is 0 Å². The Kier molecular flexibility index (Phi) is 4.42. The zero-order valence-electron chi connectivity index (χ0n) is 12.0. The Morgan fingerprint density at radius 3 is 2.63 bits per heavy atom. The molecule has 3 nitrogen and oxygen atoms in total. The first kappa shape index (κ1) is 14.3. The van der Waals surface area contributed by atoms with Crippen LogP contribution in [0.5, 0.6) is 5.75 Å². The largest absolute Gasteiger partial charge is 0.496 e. The molecule has 1 aliphatic heterocycles. The van der Waals surface area contributed by atoms with E-state index < -0.39 is 0 Å². The average molecular weight is 266 g/mol. The van der Waals surface area contributed by atoms with E-state index in [1.165, 1.54) is 6.07 Å². The van der Waals surface area contributed by atoms with Gasteiger partial charge < -0.3 is 10.1 Å². The molecule has 0 saturated carbocycles. The van der Waals surface area contributed by atoms with Crippen molar-refractivity contribution in [1.82, 2.24) is 10.2 Å². The fourth-order valence-corrected chi connectivity index (χ4v) is 2.72. The van der Waals surface area contributed by atoms with Gasteiger partial charge in [-0.3, -0.25) is 4.90 Å². The summed E-state index contributed by atoms with van der Waals surface area (Å²) in [4.78, 5) is 2.42. The number of nitrogens with zero attached hydrogens (tertiary/aromatic N) is 1. The van der Waals surface area contributed by atoms with Gasteiger partial charge in [0.2, 0.25) is 0 Å². The molecule has 0 bridgehead atoms. The van der Waals surface area contributed by atoms with Crippen LogP contribution in [0.2, 0.25) is 0 Å². The van der Waals surface area contributed by atoms with Gasteiger partial charge in [-0.05, 0) is 18.2 Å². The van der Waals surface area contributed by atoms with Gasteiger partial charge in [0.25, 0.3) is 0 Å². The Labute approximate surface area is 114 Å². The summed E-state index contributed by atoms with van der Waals surface area (Å²) in [5.41, 5.74) is 0.804. The monoisotopic (exact) mass is 266 g/mol. The van der Waals surface area contributed by atoms with Crippen molar-refractivity contribution >= 4 is 0 Å². The van der Waals surface area contributed by atoms with Crippen LogP contribution in [0.1, 0.15) is 19.4 Å². The highest BCUT2D eigenvalue weighted by Crippen LogP contribution is 2.33. The minimum Gasteiger partial charge on any atom is -0.496 e. The summed E-state index contributed by atoms with van der Waals surface area (Å²) in [6, 6.07) is 4.76. The Balaban J connectivity index is 2.19. The van der Waals surface area contributed by atoms with Crippen LogP contribution in [-0.2, 0) is 5.41 Å². The summed E-state index contributed by atoms with van der Waals surface area (Å²) in [7, 11) is 1.64. The van der Waals surface area contributed by atoms with Crippen molar-refractivity contribution in [3.8, 4) is 5.75 Å². The Bertz CT molecular complexity index is 428. The predicted molar refractivity (Wildman–Crippen MR) is 75.3 cm³/mol. The summed E-state index contributed by atoms with van der Waals surface area (Å²) >= 11 is 0. The van der Waals surface area contributed by atoms with Crippen molar-refractivity contribution in [3.05, 3.63) is 29.6 Å². The maximum absolute atomic E-state index is 13.5. The van der Waals surface area contributed by atoms with Gasteiger partial charge in [-0.1, -0.05) is 13.8 Å². The van der Waals surface area contributed by atoms with Crippen LogP contribution >= 0.6 is 0 Å². The molecule has 1 fully saturated rings. The summed E-state index contributed by atoms with van der Waals surface area (Å²) in [6.07, 6.45) is 0. The second kappa shape index (κ2) is 5.88. The van der Waals surface area contributed by atoms with Crippen molar-refractivity contribution in [2.75, 3.05) is 39.8 Å². The van der Waals surface area contributed by atoms with Crippen molar-refractivity contribution in [2.24, 2.45) is 0 Å². The average Bonchev–Trinajstić information content (AvgIpc) is 2.39. The smallest absolute Gasteiger partial charge is 0.123 e. The molecule has 1 heterocycles. The van der Waals surface area contributed by atoms with Crippen LogP contribution in [0.4, 0.5) is 4.39 Å². The van der Waals surface area contributed by atoms with Gasteiger partial charge in [0.05, 0.1) is 7.11 Å². The number of hydrogen-bond donors (Lipinski definition) is 1. The number of methoxy groups -OCH3 is 1. The highest BCUT2D eigenvalue weighted by atomic mass is 19.1. The molecule has 0 aliphatic carbocycles. The number of piperazine rings is 1. The van der Waals surface area contributed by atoms with E-state index >= 15 is 0 Å². The molecule has 0 radical (unpaired) electrons. The molecule has 0 unspecified atom stereocenters. The summed E-state index contributed by atoms with van der Waals surface area (Å²) in [5, 5.41) is 3.35. The van der Waals surface area contributed by atoms with E-state index in [9.17, 15) is 4.39 Å². The molecule has 1 aromatic rings. The minimum atomic E-state index is -0.204. The Hall–Kier alpha value is -1.13. The quantitative estimate of drug-likeness (QED) is 0.902. The van der Waals surface area contributed by atoms with Crippen LogP contribution in [0.25, 0.3) is 0 Å². The standard InChI is InChI=1S/C15H23FN2O/c1-15(2,11-18-8-6-17-7-9-18)13-10-12(16)4-5-14(13)19-3/h4-5,10,17H,6-9,11H2,1-3H3. The van der Waals surface area contributed by atoms with Gasteiger partial charge in [0.1, 0.15) is 11.6 Å². The molecule has 2 rings (SSSR count). The second-order valence-electron chi connectivity index (χ2n) is 5.75. The molecule has 4 heteroatoms. The Morgan fingerprint density at radius 1 is 1.32 bits per heavy atom. The van der Waals surface area contributed by atoms with E-state index in [0.717, 1.165) is 44.0 Å². The van der Waals surface area contributed by atoms with Crippen molar-refractivity contribution in [1.29, 1.82) is 0 Å². The molecule has 0 amide bonds. The summed E-state index contributed by atoms with van der Waals surface area (Å²) in [5.74, 6) is 0.561. The lowest BCUT2D eigenvalue weighted by atomic mass is 9.83. The lowest BCUT2D eigenvalue weighted by Crippen LogP contribution is -2.48. The number of rotatable bonds is 4. The highest BCUT2D eigenvalue weighted by Gasteiger charge is 2.28. The summed E-state index contributed by atoms with van der Waals surface area (Å²) < 4.78 is 18.9. The van der Waals surface area contributed by atoms with Gasteiger partial charge in [-0.25, -0.2) is 4.39 Å². The zero-order chi connectivity index (χ0) is 13.9. The molecule has 0 atom stereocenters. The topological polar surface area (TPSA) is 24.5 Å². The number of ether oxygens (including phenoxy) is 1. The van der Waals surface area contributed by atoms with Gasteiger partial charge in [0.15, 0.2) is 0 Å². The zero-order valence-corrected chi connectivity index (χ0v) is 12.0. The van der Waals surface area contributed by atoms with Gasteiger partial charge in [-0.2, -0.15) is 0 Å². The van der Waals surface area contributed by atoms with Gasteiger partial charge in [-0.15, -0.1) is 0 Å². The first-order valence-electron chi connectivity index (χ1n) is 6.80. The normalized spacial score (nSPS) is 17.5. The van der Waals surface area contributed by atoms with E-state index in [1.54, 1.807) is 19.2 Å². The maximum atomic E-state index is 13.5. The fourth-order valence-electron chi connectivity index (χ4n) is 2.72. The Morgan fingerprint density at radius 2 is 2.00 bits per heavy atom. The molecule has 1 saturated heterocycles. The van der Waals surface area contributed by atoms with Crippen LogP contribution in [-0.4, -0.2) is 44.7 Å². The highest BCUT2D eigenvalue weighted by molar-refractivity contribution is 5.39. The van der Waals surface area contributed by atoms with E-state index in [2.05, 4.69) is 24.1 Å². The number of halogens is 1. The third-order valence-corrected chi connectivity index (χ3v) is 3.72. The number of hydrogen-bond acceptors (Lipinski definition) is 3. The van der Waals surface area contributed by atoms with Gasteiger partial charge >= 0.3 is 0 Å². The van der Waals surface area contributed by atoms with Crippen molar-refractivity contribution < 1.29 is 9.13 Å². The first-order valence-corrected chi connectivity index (χ1v) is 6.80. The third kappa shape index (κ3) is 3.45. The molecule has 1 aromatic carbocycles. The fraction of sp³-hybridized carbons (Fsp3) is 0.600. The minimum absolute atomic E-state index is 0.134. The third-order valence-electron chi connectivity index (χ3n) is 3.72. The van der Waals surface area contributed by atoms with Crippen LogP contribution < -0.4 is 10.1 Å². The summed E-state index contributed by atoms with van der Waals surface area (Å²) in [6.45, 7) is 9.34. The molecule has 0 spiro atoms. The number of nitrogens with one attached hydrogen (secondary N) is 1. The van der Waals surface area contributed by atoms with Crippen LogP contribution in [0.15, 0.2) is 18.2 Å². The molecule has 19 heavy (non-hydrogen) atoms. The number of benzene rings is 1. The molecule has 1 aliphatic rings. The SMILES string of the molecule is COc1ccc(F)cc1C(C)(C)CN1CCNCC1. The van der Waals surface area contributed by atoms with Crippen LogP contribution in [0, 0.1) is 5.82 Å². The molecule has 0 aromatic heterocycles.